The van der Waals surface area contributed by atoms with Gasteiger partial charge in [-0.3, -0.25) is 0 Å². The number of rotatable bonds is 5. The van der Waals surface area contributed by atoms with Gasteiger partial charge in [-0.15, -0.1) is 11.8 Å². The summed E-state index contributed by atoms with van der Waals surface area (Å²) in [4.78, 5) is 1.14. The highest BCUT2D eigenvalue weighted by atomic mass is 79.9. The third kappa shape index (κ3) is 4.33. The van der Waals surface area contributed by atoms with E-state index in [-0.39, 0.29) is 5.82 Å². The first-order valence-electron chi connectivity index (χ1n) is 6.36. The van der Waals surface area contributed by atoms with E-state index in [0.29, 0.717) is 16.6 Å². The molecule has 2 aromatic carbocycles. The molecule has 1 unspecified atom stereocenters. The maximum Gasteiger partial charge on any atom is 0.137 e. The van der Waals surface area contributed by atoms with Crippen molar-refractivity contribution in [3.63, 3.8) is 0 Å². The summed E-state index contributed by atoms with van der Waals surface area (Å²) in [6.07, 6.45) is -0.0597. The Bertz CT molecular complexity index is 588. The fourth-order valence-electron chi connectivity index (χ4n) is 1.92. The predicted octanol–water partition coefficient (Wildman–Crippen LogP) is 4.59. The Morgan fingerprint density at radius 3 is 2.75 bits per heavy atom. The van der Waals surface area contributed by atoms with Crippen molar-refractivity contribution in [2.24, 2.45) is 0 Å². The molecule has 1 nitrogen and oxygen atoms in total. The molecule has 0 radical (unpaired) electrons. The molecule has 0 aromatic heterocycles. The number of aliphatic hydroxyl groups excluding tert-OH is 1. The average Bonchev–Trinajstić information content (AvgIpc) is 2.42. The molecule has 0 amide bonds. The molecule has 0 saturated carbocycles. The molecule has 0 aliphatic rings. The minimum absolute atomic E-state index is 0.291. The van der Waals surface area contributed by atoms with Crippen LogP contribution in [-0.2, 0) is 6.42 Å². The molecule has 2 aromatic rings. The van der Waals surface area contributed by atoms with E-state index in [1.807, 2.05) is 31.2 Å². The zero-order valence-electron chi connectivity index (χ0n) is 11.1. The summed E-state index contributed by atoms with van der Waals surface area (Å²) in [5.74, 6) is 0.299. The van der Waals surface area contributed by atoms with Crippen molar-refractivity contribution in [1.82, 2.24) is 0 Å². The highest BCUT2D eigenvalue weighted by Crippen LogP contribution is 2.24. The van der Waals surface area contributed by atoms with Crippen molar-refractivity contribution >= 4 is 27.7 Å². The van der Waals surface area contributed by atoms with Crippen LogP contribution < -0.4 is 0 Å². The fraction of sp³-hybridized carbons (Fsp3) is 0.250. The molecule has 4 heteroatoms. The third-order valence-electron chi connectivity index (χ3n) is 2.92. The molecule has 0 bridgehead atoms. The second kappa shape index (κ2) is 7.25. The summed E-state index contributed by atoms with van der Waals surface area (Å²) in [5.41, 5.74) is 2.00. The zero-order chi connectivity index (χ0) is 14.5. The minimum Gasteiger partial charge on any atom is -0.392 e. The van der Waals surface area contributed by atoms with Crippen LogP contribution in [0.25, 0.3) is 0 Å². The van der Waals surface area contributed by atoms with Gasteiger partial charge in [0.1, 0.15) is 5.82 Å². The largest absolute Gasteiger partial charge is 0.392 e. The summed E-state index contributed by atoms with van der Waals surface area (Å²) >= 11 is 4.83. The van der Waals surface area contributed by atoms with Crippen LogP contribution in [0.3, 0.4) is 0 Å². The molecule has 0 fully saturated rings. The fourth-order valence-corrected chi connectivity index (χ4v) is 3.29. The van der Waals surface area contributed by atoms with E-state index in [2.05, 4.69) is 22.0 Å². The lowest BCUT2D eigenvalue weighted by Gasteiger charge is -2.12. The summed E-state index contributed by atoms with van der Waals surface area (Å²) in [6, 6.07) is 13.1. The Labute approximate surface area is 131 Å². The lowest BCUT2D eigenvalue weighted by atomic mass is 10.1. The van der Waals surface area contributed by atoms with Crippen molar-refractivity contribution < 1.29 is 9.50 Å². The topological polar surface area (TPSA) is 20.2 Å². The highest BCUT2D eigenvalue weighted by Gasteiger charge is 2.11. The van der Waals surface area contributed by atoms with E-state index in [1.165, 1.54) is 11.6 Å². The zero-order valence-corrected chi connectivity index (χ0v) is 13.5. The Morgan fingerprint density at radius 1 is 1.25 bits per heavy atom. The molecule has 1 atom stereocenters. The predicted molar refractivity (Wildman–Crippen MR) is 85.7 cm³/mol. The van der Waals surface area contributed by atoms with Crippen LogP contribution in [0.2, 0.25) is 0 Å². The van der Waals surface area contributed by atoms with Crippen LogP contribution in [-0.4, -0.2) is 17.0 Å². The molecule has 0 aliphatic heterocycles. The van der Waals surface area contributed by atoms with Gasteiger partial charge in [-0.1, -0.05) is 29.8 Å². The standard InChI is InChI=1S/C16H16BrFOS/c1-11-4-2-6-14(8-11)20-10-13(19)9-12-5-3-7-15(18)16(12)17/h2-8,13,19H,9-10H2,1H3. The SMILES string of the molecule is Cc1cccc(SCC(O)Cc2cccc(F)c2Br)c1. The van der Waals surface area contributed by atoms with Gasteiger partial charge in [0.05, 0.1) is 10.6 Å². The second-order valence-electron chi connectivity index (χ2n) is 4.70. The number of hydrogen-bond acceptors (Lipinski definition) is 2. The van der Waals surface area contributed by atoms with Gasteiger partial charge in [-0.25, -0.2) is 4.39 Å². The monoisotopic (exact) mass is 354 g/mol. The molecule has 0 heterocycles. The molecular formula is C16H16BrFOS. The molecule has 0 aliphatic carbocycles. The number of hydrogen-bond donors (Lipinski definition) is 1. The first-order valence-corrected chi connectivity index (χ1v) is 8.14. The van der Waals surface area contributed by atoms with Crippen LogP contribution in [0, 0.1) is 12.7 Å². The molecule has 20 heavy (non-hydrogen) atoms. The smallest absolute Gasteiger partial charge is 0.137 e. The number of halogens is 2. The van der Waals surface area contributed by atoms with Crippen LogP contribution in [0.5, 0.6) is 0 Å². The van der Waals surface area contributed by atoms with Crippen LogP contribution in [0.1, 0.15) is 11.1 Å². The summed E-state index contributed by atoms with van der Waals surface area (Å²) < 4.78 is 13.8. The quantitative estimate of drug-likeness (QED) is 0.792. The van der Waals surface area contributed by atoms with E-state index in [0.717, 1.165) is 10.5 Å². The van der Waals surface area contributed by atoms with Crippen LogP contribution >= 0.6 is 27.7 Å². The normalized spacial score (nSPS) is 12.4. The average molecular weight is 355 g/mol. The molecule has 1 N–H and O–H groups in total. The van der Waals surface area contributed by atoms with Crippen molar-refractivity contribution in [3.05, 3.63) is 63.9 Å². The molecule has 0 saturated heterocycles. The lowest BCUT2D eigenvalue weighted by molar-refractivity contribution is 0.200. The number of aliphatic hydroxyl groups is 1. The van der Waals surface area contributed by atoms with Crippen molar-refractivity contribution in [2.75, 3.05) is 5.75 Å². The van der Waals surface area contributed by atoms with E-state index in [4.69, 9.17) is 0 Å². The van der Waals surface area contributed by atoms with Gasteiger partial charge < -0.3 is 5.11 Å². The Kier molecular flexibility index (Phi) is 5.64. The first-order chi connectivity index (χ1) is 9.56. The van der Waals surface area contributed by atoms with Gasteiger partial charge in [0.25, 0.3) is 0 Å². The molecular weight excluding hydrogens is 339 g/mol. The van der Waals surface area contributed by atoms with Gasteiger partial charge in [0.2, 0.25) is 0 Å². The third-order valence-corrected chi connectivity index (χ3v) is 4.95. The minimum atomic E-state index is -0.501. The van der Waals surface area contributed by atoms with E-state index in [9.17, 15) is 9.50 Å². The van der Waals surface area contributed by atoms with Crippen molar-refractivity contribution in [2.45, 2.75) is 24.3 Å². The molecule has 0 spiro atoms. The van der Waals surface area contributed by atoms with Gasteiger partial charge in [0, 0.05) is 17.1 Å². The summed E-state index contributed by atoms with van der Waals surface area (Å²) in [6.45, 7) is 2.05. The molecule has 106 valence electrons. The Hall–Kier alpha value is -0.840. The van der Waals surface area contributed by atoms with E-state index < -0.39 is 6.10 Å². The van der Waals surface area contributed by atoms with Gasteiger partial charge in [-0.05, 0) is 46.6 Å². The second-order valence-corrected chi connectivity index (χ2v) is 6.58. The maximum atomic E-state index is 13.4. The Balaban J connectivity index is 1.92. The van der Waals surface area contributed by atoms with Crippen molar-refractivity contribution in [1.29, 1.82) is 0 Å². The van der Waals surface area contributed by atoms with Crippen LogP contribution in [0.15, 0.2) is 51.8 Å². The van der Waals surface area contributed by atoms with Gasteiger partial charge in [-0.2, -0.15) is 0 Å². The lowest BCUT2D eigenvalue weighted by Crippen LogP contribution is -2.14. The number of thioether (sulfide) groups is 1. The van der Waals surface area contributed by atoms with Gasteiger partial charge >= 0.3 is 0 Å². The molecule has 2 rings (SSSR count). The highest BCUT2D eigenvalue weighted by molar-refractivity contribution is 9.10. The summed E-state index contributed by atoms with van der Waals surface area (Å²) in [7, 11) is 0. The summed E-state index contributed by atoms with van der Waals surface area (Å²) in [5, 5.41) is 10.1. The van der Waals surface area contributed by atoms with E-state index in [1.54, 1.807) is 17.8 Å². The van der Waals surface area contributed by atoms with Gasteiger partial charge in [0.15, 0.2) is 0 Å². The first kappa shape index (κ1) is 15.5. The van der Waals surface area contributed by atoms with E-state index >= 15 is 0 Å². The van der Waals surface area contributed by atoms with Crippen LogP contribution in [0.4, 0.5) is 4.39 Å². The van der Waals surface area contributed by atoms with Crippen molar-refractivity contribution in [3.8, 4) is 0 Å². The number of benzene rings is 2. The maximum absolute atomic E-state index is 13.4. The number of aryl methyl sites for hydroxylation is 1. The Morgan fingerprint density at radius 2 is 2.00 bits per heavy atom.